The van der Waals surface area contributed by atoms with Gasteiger partial charge >= 0.3 is 6.18 Å². The lowest BCUT2D eigenvalue weighted by Gasteiger charge is -2.13. The predicted molar refractivity (Wildman–Crippen MR) is 104 cm³/mol. The molecule has 9 heteroatoms. The Morgan fingerprint density at radius 3 is 2.31 bits per heavy atom. The molecule has 5 nitrogen and oxygen atoms in total. The van der Waals surface area contributed by atoms with Crippen molar-refractivity contribution >= 4 is 32.4 Å². The highest BCUT2D eigenvalue weighted by molar-refractivity contribution is 7.89. The number of anilines is 1. The summed E-state index contributed by atoms with van der Waals surface area (Å²) in [5.41, 5.74) is -0.202. The smallest absolute Gasteiger partial charge is 0.326 e. The lowest BCUT2D eigenvalue weighted by Crippen LogP contribution is -2.23. The zero-order valence-corrected chi connectivity index (χ0v) is 16.1. The van der Waals surface area contributed by atoms with Gasteiger partial charge in [-0.2, -0.15) is 13.2 Å². The van der Waals surface area contributed by atoms with Crippen LogP contribution in [0.5, 0.6) is 0 Å². The van der Waals surface area contributed by atoms with Crippen molar-refractivity contribution in [1.29, 1.82) is 0 Å². The third kappa shape index (κ3) is 4.75. The molecule has 0 heterocycles. The van der Waals surface area contributed by atoms with Crippen LogP contribution < -0.4 is 10.0 Å². The van der Waals surface area contributed by atoms with Crippen LogP contribution in [0.3, 0.4) is 0 Å². The summed E-state index contributed by atoms with van der Waals surface area (Å²) in [5, 5.41) is 3.56. The Morgan fingerprint density at radius 2 is 1.62 bits per heavy atom. The highest BCUT2D eigenvalue weighted by Crippen LogP contribution is 2.30. The molecule has 0 radical (unpaired) electrons. The first kappa shape index (κ1) is 20.8. The largest absolute Gasteiger partial charge is 0.416 e. The number of amides is 1. The van der Waals surface area contributed by atoms with Crippen molar-refractivity contribution in [3.8, 4) is 0 Å². The van der Waals surface area contributed by atoms with Gasteiger partial charge in [0.05, 0.1) is 10.5 Å². The minimum atomic E-state index is -4.51. The van der Waals surface area contributed by atoms with Crippen molar-refractivity contribution in [2.24, 2.45) is 0 Å². The van der Waals surface area contributed by atoms with Gasteiger partial charge in [0.1, 0.15) is 0 Å². The van der Waals surface area contributed by atoms with Crippen LogP contribution in [0, 0.1) is 0 Å². The number of fused-ring (bicyclic) bond motifs is 1. The van der Waals surface area contributed by atoms with E-state index in [4.69, 9.17) is 0 Å². The van der Waals surface area contributed by atoms with Gasteiger partial charge in [0.25, 0.3) is 0 Å². The van der Waals surface area contributed by atoms with Crippen molar-refractivity contribution in [3.63, 3.8) is 0 Å². The number of rotatable bonds is 5. The zero-order valence-electron chi connectivity index (χ0n) is 15.2. The first-order valence-electron chi connectivity index (χ1n) is 8.53. The fourth-order valence-corrected chi connectivity index (χ4v) is 4.17. The van der Waals surface area contributed by atoms with E-state index in [-0.39, 0.29) is 22.9 Å². The monoisotopic (exact) mass is 422 g/mol. The lowest BCUT2D eigenvalue weighted by atomic mass is 10.1. The molecule has 3 aromatic carbocycles. The average molecular weight is 422 g/mol. The Balaban J connectivity index is 1.92. The second-order valence-corrected chi connectivity index (χ2v) is 8.10. The molecule has 0 aliphatic heterocycles. The van der Waals surface area contributed by atoms with Crippen LogP contribution in [-0.2, 0) is 27.5 Å². The summed E-state index contributed by atoms with van der Waals surface area (Å²) in [7, 11) is -4.02. The minimum absolute atomic E-state index is 0.0332. The van der Waals surface area contributed by atoms with Gasteiger partial charge in [0.2, 0.25) is 15.9 Å². The maximum absolute atomic E-state index is 12.8. The molecule has 2 N–H and O–H groups in total. The Labute approximate surface area is 165 Å². The van der Waals surface area contributed by atoms with E-state index in [2.05, 4.69) is 10.0 Å². The zero-order chi connectivity index (χ0) is 21.2. The quantitative estimate of drug-likeness (QED) is 0.644. The third-order valence-corrected chi connectivity index (χ3v) is 5.66. The standard InChI is InChI=1S/C20H17F3N2O3S/c1-13(26)25-18-9-3-8-17-16(18)7-4-10-19(17)29(27,28)24-12-14-5-2-6-15(11-14)20(21,22)23/h2-11,24H,12H2,1H3,(H,25,26). The molecule has 0 saturated carbocycles. The van der Waals surface area contributed by atoms with E-state index >= 15 is 0 Å². The number of nitrogens with one attached hydrogen (secondary N) is 2. The number of carbonyl (C=O) groups is 1. The van der Waals surface area contributed by atoms with Crippen LogP contribution in [0.15, 0.2) is 65.6 Å². The summed E-state index contributed by atoms with van der Waals surface area (Å²) in [6.45, 7) is 1.05. The normalized spacial score (nSPS) is 12.1. The predicted octanol–water partition coefficient (Wildman–Crippen LogP) is 4.30. The topological polar surface area (TPSA) is 75.3 Å². The number of hydrogen-bond acceptors (Lipinski definition) is 3. The number of sulfonamides is 1. The Bertz CT molecular complexity index is 1180. The molecule has 0 bridgehead atoms. The fourth-order valence-electron chi connectivity index (χ4n) is 2.93. The molecular formula is C20H17F3N2O3S. The van der Waals surface area contributed by atoms with E-state index in [0.717, 1.165) is 12.1 Å². The van der Waals surface area contributed by atoms with Crippen molar-refractivity contribution in [1.82, 2.24) is 4.72 Å². The summed E-state index contributed by atoms with van der Waals surface area (Å²) in [5.74, 6) is -0.298. The first-order valence-corrected chi connectivity index (χ1v) is 10.0. The maximum atomic E-state index is 12.8. The Hall–Kier alpha value is -2.91. The van der Waals surface area contributed by atoms with Crippen molar-refractivity contribution < 1.29 is 26.4 Å². The van der Waals surface area contributed by atoms with Crippen LogP contribution in [0.2, 0.25) is 0 Å². The SMILES string of the molecule is CC(=O)Nc1cccc2c(S(=O)(=O)NCc3cccc(C(F)(F)F)c3)cccc12. The number of benzene rings is 3. The summed E-state index contributed by atoms with van der Waals surface area (Å²) in [6, 6.07) is 13.9. The van der Waals surface area contributed by atoms with E-state index in [1.54, 1.807) is 24.3 Å². The highest BCUT2D eigenvalue weighted by Gasteiger charge is 2.30. The van der Waals surface area contributed by atoms with Crippen molar-refractivity contribution in [2.45, 2.75) is 24.5 Å². The summed E-state index contributed by atoms with van der Waals surface area (Å²) in [4.78, 5) is 11.3. The molecule has 0 atom stereocenters. The van der Waals surface area contributed by atoms with Crippen LogP contribution in [-0.4, -0.2) is 14.3 Å². The summed E-state index contributed by atoms with van der Waals surface area (Å²) < 4.78 is 66.5. The van der Waals surface area contributed by atoms with E-state index in [1.807, 2.05) is 0 Å². The average Bonchev–Trinajstić information content (AvgIpc) is 2.65. The fraction of sp³-hybridized carbons (Fsp3) is 0.150. The maximum Gasteiger partial charge on any atom is 0.416 e. The van der Waals surface area contributed by atoms with Crippen LogP contribution in [0.25, 0.3) is 10.8 Å². The number of carbonyl (C=O) groups excluding carboxylic acids is 1. The molecule has 0 aromatic heterocycles. The Kier molecular flexibility index (Phi) is 5.63. The van der Waals surface area contributed by atoms with Gasteiger partial charge in [-0.3, -0.25) is 4.79 Å². The highest BCUT2D eigenvalue weighted by atomic mass is 32.2. The molecule has 152 valence electrons. The number of alkyl halides is 3. The van der Waals surface area contributed by atoms with E-state index in [0.29, 0.717) is 16.5 Å². The van der Waals surface area contributed by atoms with E-state index in [1.165, 1.54) is 31.2 Å². The Morgan fingerprint density at radius 1 is 0.966 bits per heavy atom. The molecular weight excluding hydrogens is 405 g/mol. The minimum Gasteiger partial charge on any atom is -0.326 e. The number of halogens is 3. The molecule has 3 aromatic rings. The second-order valence-electron chi connectivity index (χ2n) is 6.36. The summed E-state index contributed by atoms with van der Waals surface area (Å²) in [6.07, 6.45) is -4.51. The van der Waals surface area contributed by atoms with Gasteiger partial charge < -0.3 is 5.32 Å². The van der Waals surface area contributed by atoms with Gasteiger partial charge in [-0.25, -0.2) is 13.1 Å². The van der Waals surface area contributed by atoms with Gasteiger partial charge in [-0.15, -0.1) is 0 Å². The molecule has 0 aliphatic carbocycles. The molecule has 3 rings (SSSR count). The van der Waals surface area contributed by atoms with Gasteiger partial charge in [0, 0.05) is 29.9 Å². The van der Waals surface area contributed by atoms with E-state index in [9.17, 15) is 26.4 Å². The lowest BCUT2D eigenvalue weighted by molar-refractivity contribution is -0.137. The molecule has 0 saturated heterocycles. The van der Waals surface area contributed by atoms with Crippen LogP contribution in [0.4, 0.5) is 18.9 Å². The molecule has 0 fully saturated rings. The second kappa shape index (κ2) is 7.84. The third-order valence-electron chi connectivity index (χ3n) is 4.20. The molecule has 1 amide bonds. The van der Waals surface area contributed by atoms with Crippen molar-refractivity contribution in [3.05, 3.63) is 71.8 Å². The van der Waals surface area contributed by atoms with Gasteiger partial charge in [-0.05, 0) is 23.8 Å². The van der Waals surface area contributed by atoms with Gasteiger partial charge in [0.15, 0.2) is 0 Å². The van der Waals surface area contributed by atoms with Crippen molar-refractivity contribution in [2.75, 3.05) is 5.32 Å². The molecule has 0 aliphatic rings. The summed E-state index contributed by atoms with van der Waals surface area (Å²) >= 11 is 0. The van der Waals surface area contributed by atoms with Gasteiger partial charge in [-0.1, -0.05) is 42.5 Å². The first-order chi connectivity index (χ1) is 13.6. The van der Waals surface area contributed by atoms with E-state index < -0.39 is 21.8 Å². The number of hydrogen-bond donors (Lipinski definition) is 2. The molecule has 0 unspecified atom stereocenters. The van der Waals surface area contributed by atoms with Crippen LogP contribution >= 0.6 is 0 Å². The molecule has 0 spiro atoms. The van der Waals surface area contributed by atoms with Crippen LogP contribution in [0.1, 0.15) is 18.1 Å². The molecule has 29 heavy (non-hydrogen) atoms.